The van der Waals surface area contributed by atoms with Gasteiger partial charge in [0.2, 0.25) is 10.0 Å². The maximum atomic E-state index is 13.1. The number of methoxy groups -OCH3 is 1. The van der Waals surface area contributed by atoms with Gasteiger partial charge in [-0.25, -0.2) is 13.2 Å². The van der Waals surface area contributed by atoms with Crippen molar-refractivity contribution in [1.82, 2.24) is 4.31 Å². The molecule has 0 radical (unpaired) electrons. The molecule has 1 aliphatic heterocycles. The summed E-state index contributed by atoms with van der Waals surface area (Å²) >= 11 is 0. The SMILES string of the molecule is COc1ccc(NC(=O)COC(=O)COc2c(C)cccc2C)cc1S(=O)(=O)N1CCCCC1. The highest BCUT2D eigenvalue weighted by Crippen LogP contribution is 2.31. The highest BCUT2D eigenvalue weighted by atomic mass is 32.2. The minimum atomic E-state index is -3.77. The van der Waals surface area contributed by atoms with Crippen molar-refractivity contribution in [2.24, 2.45) is 0 Å². The van der Waals surface area contributed by atoms with Gasteiger partial charge in [-0.1, -0.05) is 24.6 Å². The second-order valence-corrected chi connectivity index (χ2v) is 9.96. The number of piperidine rings is 1. The summed E-state index contributed by atoms with van der Waals surface area (Å²) in [5, 5.41) is 2.56. The van der Waals surface area contributed by atoms with E-state index in [1.54, 1.807) is 0 Å². The first-order chi connectivity index (χ1) is 16.2. The third kappa shape index (κ3) is 6.27. The maximum absolute atomic E-state index is 13.1. The van der Waals surface area contributed by atoms with Crippen LogP contribution >= 0.6 is 0 Å². The molecule has 184 valence electrons. The lowest BCUT2D eigenvalue weighted by Gasteiger charge is -2.26. The van der Waals surface area contributed by atoms with Crippen LogP contribution in [0.4, 0.5) is 5.69 Å². The Morgan fingerprint density at radius 2 is 1.68 bits per heavy atom. The van der Waals surface area contributed by atoms with E-state index in [0.717, 1.165) is 30.4 Å². The van der Waals surface area contributed by atoms with Crippen molar-refractivity contribution in [2.75, 3.05) is 38.7 Å². The van der Waals surface area contributed by atoms with Gasteiger partial charge in [-0.15, -0.1) is 0 Å². The fourth-order valence-corrected chi connectivity index (χ4v) is 5.44. The number of carbonyl (C=O) groups excluding carboxylic acids is 2. The zero-order valence-electron chi connectivity index (χ0n) is 19.6. The van der Waals surface area contributed by atoms with Gasteiger partial charge < -0.3 is 19.5 Å². The fraction of sp³-hybridized carbons (Fsp3) is 0.417. The van der Waals surface area contributed by atoms with E-state index in [0.29, 0.717) is 18.8 Å². The first kappa shape index (κ1) is 25.5. The summed E-state index contributed by atoms with van der Waals surface area (Å²) in [5.74, 6) is -0.504. The van der Waals surface area contributed by atoms with Crippen LogP contribution in [0.15, 0.2) is 41.3 Å². The number of benzene rings is 2. The predicted octanol–water partition coefficient (Wildman–Crippen LogP) is 3.05. The van der Waals surface area contributed by atoms with Crippen molar-refractivity contribution in [3.05, 3.63) is 47.5 Å². The zero-order chi connectivity index (χ0) is 24.7. The first-order valence-corrected chi connectivity index (χ1v) is 12.5. The van der Waals surface area contributed by atoms with Gasteiger partial charge in [-0.2, -0.15) is 4.31 Å². The predicted molar refractivity (Wildman–Crippen MR) is 127 cm³/mol. The minimum Gasteiger partial charge on any atom is -0.495 e. The van der Waals surface area contributed by atoms with Crippen molar-refractivity contribution < 1.29 is 32.2 Å². The molecule has 1 amide bonds. The van der Waals surface area contributed by atoms with Crippen LogP contribution in [0.1, 0.15) is 30.4 Å². The molecule has 3 rings (SSSR count). The molecule has 2 aromatic carbocycles. The molecule has 0 atom stereocenters. The number of sulfonamides is 1. The maximum Gasteiger partial charge on any atom is 0.344 e. The summed E-state index contributed by atoms with van der Waals surface area (Å²) in [4.78, 5) is 24.3. The van der Waals surface area contributed by atoms with Gasteiger partial charge in [0.15, 0.2) is 13.2 Å². The van der Waals surface area contributed by atoms with Crippen LogP contribution in [0, 0.1) is 13.8 Å². The number of nitrogens with zero attached hydrogens (tertiary/aromatic N) is 1. The number of rotatable bonds is 9. The number of ether oxygens (including phenoxy) is 3. The molecule has 0 aromatic heterocycles. The van der Waals surface area contributed by atoms with Gasteiger partial charge in [0.25, 0.3) is 5.91 Å². The van der Waals surface area contributed by atoms with Crippen molar-refractivity contribution in [3.63, 3.8) is 0 Å². The van der Waals surface area contributed by atoms with E-state index in [-0.39, 0.29) is 22.9 Å². The molecular formula is C24H30N2O7S. The van der Waals surface area contributed by atoms with Crippen molar-refractivity contribution in [1.29, 1.82) is 0 Å². The molecule has 0 spiro atoms. The Morgan fingerprint density at radius 3 is 2.32 bits per heavy atom. The molecule has 0 saturated carbocycles. The van der Waals surface area contributed by atoms with Gasteiger partial charge in [0.1, 0.15) is 16.4 Å². The van der Waals surface area contributed by atoms with Crippen LogP contribution in [-0.2, 0) is 24.3 Å². The van der Waals surface area contributed by atoms with E-state index < -0.39 is 28.5 Å². The molecule has 2 aromatic rings. The van der Waals surface area contributed by atoms with E-state index in [1.165, 1.54) is 29.6 Å². The third-order valence-electron chi connectivity index (χ3n) is 5.49. The lowest BCUT2D eigenvalue weighted by Crippen LogP contribution is -2.35. The number of nitrogens with one attached hydrogen (secondary N) is 1. The van der Waals surface area contributed by atoms with Gasteiger partial charge in [-0.3, -0.25) is 4.79 Å². The monoisotopic (exact) mass is 490 g/mol. The summed E-state index contributed by atoms with van der Waals surface area (Å²) in [7, 11) is -2.38. The third-order valence-corrected chi connectivity index (χ3v) is 7.41. The van der Waals surface area contributed by atoms with E-state index >= 15 is 0 Å². The van der Waals surface area contributed by atoms with Crippen molar-refractivity contribution in [2.45, 2.75) is 38.0 Å². The van der Waals surface area contributed by atoms with Gasteiger partial charge in [-0.05, 0) is 56.0 Å². The number of hydrogen-bond acceptors (Lipinski definition) is 7. The number of anilines is 1. The Hall–Kier alpha value is -3.11. The van der Waals surface area contributed by atoms with Crippen LogP contribution < -0.4 is 14.8 Å². The molecule has 0 unspecified atom stereocenters. The Labute approximate surface area is 200 Å². The quantitative estimate of drug-likeness (QED) is 0.538. The second kappa shape index (κ2) is 11.3. The summed E-state index contributed by atoms with van der Waals surface area (Å²) in [6.07, 6.45) is 2.60. The highest BCUT2D eigenvalue weighted by Gasteiger charge is 2.29. The number of aryl methyl sites for hydroxylation is 2. The molecule has 34 heavy (non-hydrogen) atoms. The van der Waals surface area contributed by atoms with Crippen molar-refractivity contribution in [3.8, 4) is 11.5 Å². The lowest BCUT2D eigenvalue weighted by atomic mass is 10.1. The van der Waals surface area contributed by atoms with E-state index in [4.69, 9.17) is 14.2 Å². The Bertz CT molecular complexity index is 1120. The molecule has 1 N–H and O–H groups in total. The highest BCUT2D eigenvalue weighted by molar-refractivity contribution is 7.89. The molecule has 0 aliphatic carbocycles. The standard InChI is InChI=1S/C24H30N2O7S/c1-17-8-7-9-18(2)24(17)33-16-23(28)32-15-22(27)25-19-10-11-20(31-3)21(14-19)34(29,30)26-12-5-4-6-13-26/h7-11,14H,4-6,12-13,15-16H2,1-3H3,(H,25,27). The number of hydrogen-bond donors (Lipinski definition) is 1. The summed E-state index contributed by atoms with van der Waals surface area (Å²) in [6.45, 7) is 3.77. The van der Waals surface area contributed by atoms with Crippen LogP contribution in [0.2, 0.25) is 0 Å². The first-order valence-electron chi connectivity index (χ1n) is 11.0. The van der Waals surface area contributed by atoms with Crippen LogP contribution in [0.3, 0.4) is 0 Å². The normalized spacial score (nSPS) is 14.3. The van der Waals surface area contributed by atoms with Crippen LogP contribution in [0.5, 0.6) is 11.5 Å². The number of carbonyl (C=O) groups is 2. The van der Waals surface area contributed by atoms with E-state index in [9.17, 15) is 18.0 Å². The Morgan fingerprint density at radius 1 is 1.00 bits per heavy atom. The minimum absolute atomic E-state index is 0.0197. The zero-order valence-corrected chi connectivity index (χ0v) is 20.4. The topological polar surface area (TPSA) is 111 Å². The second-order valence-electron chi connectivity index (χ2n) is 8.05. The molecule has 1 saturated heterocycles. The smallest absolute Gasteiger partial charge is 0.344 e. The Balaban J connectivity index is 1.59. The number of amides is 1. The average Bonchev–Trinajstić information content (AvgIpc) is 2.83. The molecule has 10 heteroatoms. The van der Waals surface area contributed by atoms with Crippen molar-refractivity contribution >= 4 is 27.6 Å². The summed E-state index contributed by atoms with van der Waals surface area (Å²) < 4.78 is 43.4. The summed E-state index contributed by atoms with van der Waals surface area (Å²) in [6, 6.07) is 10.00. The molecule has 0 bridgehead atoms. The number of para-hydroxylation sites is 1. The van der Waals surface area contributed by atoms with Crippen LogP contribution in [-0.4, -0.2) is 58.0 Å². The lowest BCUT2D eigenvalue weighted by molar-refractivity contribution is -0.149. The van der Waals surface area contributed by atoms with E-state index in [1.807, 2.05) is 32.0 Å². The van der Waals surface area contributed by atoms with Gasteiger partial charge in [0.05, 0.1) is 7.11 Å². The molecule has 1 heterocycles. The average molecular weight is 491 g/mol. The van der Waals surface area contributed by atoms with E-state index in [2.05, 4.69) is 5.32 Å². The van der Waals surface area contributed by atoms with Gasteiger partial charge in [0, 0.05) is 18.8 Å². The largest absolute Gasteiger partial charge is 0.495 e. The molecule has 1 aliphatic rings. The molecule has 1 fully saturated rings. The Kier molecular flexibility index (Phi) is 8.51. The van der Waals surface area contributed by atoms with Gasteiger partial charge >= 0.3 is 5.97 Å². The van der Waals surface area contributed by atoms with Crippen LogP contribution in [0.25, 0.3) is 0 Å². The number of esters is 1. The summed E-state index contributed by atoms with van der Waals surface area (Å²) in [5.41, 5.74) is 2.03. The molecular weight excluding hydrogens is 460 g/mol. The molecule has 9 nitrogen and oxygen atoms in total. The fourth-order valence-electron chi connectivity index (χ4n) is 3.74.